The fourth-order valence-corrected chi connectivity index (χ4v) is 5.08. The molecule has 0 fully saturated rings. The number of unbranched alkanes of at least 4 members (excludes halogenated alkanes) is 12. The van der Waals surface area contributed by atoms with Crippen molar-refractivity contribution in [2.24, 2.45) is 0 Å². The molecule has 0 aliphatic carbocycles. The Hall–Kier alpha value is 0.246. The number of rotatable bonds is 17. The second-order valence-electron chi connectivity index (χ2n) is 9.29. The van der Waals surface area contributed by atoms with Gasteiger partial charge in [0.15, 0.2) is 0 Å². The molecule has 2 aromatic rings. The summed E-state index contributed by atoms with van der Waals surface area (Å²) in [6, 6.07) is 9.34. The van der Waals surface area contributed by atoms with Gasteiger partial charge in [0.1, 0.15) is 10.1 Å². The maximum Gasteiger partial charge on any atom is 1.00 e. The van der Waals surface area contributed by atoms with Gasteiger partial charge in [-0.15, -0.1) is 0 Å². The van der Waals surface area contributed by atoms with Crippen LogP contribution in [0.4, 0.5) is 0 Å². The first kappa shape index (κ1) is 31.3. The van der Waals surface area contributed by atoms with Gasteiger partial charge >= 0.3 is 51.4 Å². The van der Waals surface area contributed by atoms with Gasteiger partial charge in [-0.3, -0.25) is 0 Å². The molecule has 0 atom stereocenters. The Morgan fingerprint density at radius 2 is 1.03 bits per heavy atom. The van der Waals surface area contributed by atoms with E-state index in [1.807, 2.05) is 6.07 Å². The van der Waals surface area contributed by atoms with Crippen LogP contribution in [0.15, 0.2) is 35.2 Å². The minimum atomic E-state index is -4.44. The topological polar surface area (TPSA) is 57.2 Å². The Labute approximate surface area is 245 Å². The maximum atomic E-state index is 11.6. The van der Waals surface area contributed by atoms with Crippen molar-refractivity contribution < 1.29 is 64.4 Å². The SMILES string of the molecule is CCCCCCCCCc1ccc(CCCCCCCCC)c2cc(S(=O)(=O)[O-])ccc12.[K+]. The van der Waals surface area contributed by atoms with Crippen molar-refractivity contribution in [2.45, 2.75) is 121 Å². The molecule has 2 aromatic carbocycles. The van der Waals surface area contributed by atoms with E-state index in [0.717, 1.165) is 36.5 Å². The van der Waals surface area contributed by atoms with Crippen LogP contribution in [0.5, 0.6) is 0 Å². The summed E-state index contributed by atoms with van der Waals surface area (Å²) in [5, 5.41) is 2.07. The molecule has 0 amide bonds. The molecular formula is C28H43KO3S. The van der Waals surface area contributed by atoms with E-state index in [2.05, 4.69) is 26.0 Å². The van der Waals surface area contributed by atoms with Crippen molar-refractivity contribution in [3.63, 3.8) is 0 Å². The predicted octanol–water partition coefficient (Wildman–Crippen LogP) is 5.33. The van der Waals surface area contributed by atoms with Crippen molar-refractivity contribution in [2.75, 3.05) is 0 Å². The van der Waals surface area contributed by atoms with Gasteiger partial charge in [0.2, 0.25) is 0 Å². The third-order valence-electron chi connectivity index (χ3n) is 6.56. The second kappa shape index (κ2) is 17.6. The Balaban J connectivity index is 0.00000544. The summed E-state index contributed by atoms with van der Waals surface area (Å²) < 4.78 is 34.9. The van der Waals surface area contributed by atoms with Gasteiger partial charge in [-0.05, 0) is 59.7 Å². The van der Waals surface area contributed by atoms with Crippen LogP contribution in [0, 0.1) is 0 Å². The van der Waals surface area contributed by atoms with Gasteiger partial charge in [-0.1, -0.05) is 109 Å². The molecule has 180 valence electrons. The third kappa shape index (κ3) is 11.7. The fraction of sp³-hybridized carbons (Fsp3) is 0.643. The molecular weight excluding hydrogens is 455 g/mol. The van der Waals surface area contributed by atoms with Gasteiger partial charge in [0.25, 0.3) is 0 Å². The van der Waals surface area contributed by atoms with Gasteiger partial charge < -0.3 is 4.55 Å². The van der Waals surface area contributed by atoms with E-state index in [0.29, 0.717) is 0 Å². The van der Waals surface area contributed by atoms with Crippen LogP contribution in [0.1, 0.15) is 115 Å². The first-order valence-electron chi connectivity index (χ1n) is 13.0. The van der Waals surface area contributed by atoms with Crippen molar-refractivity contribution in [1.82, 2.24) is 0 Å². The third-order valence-corrected chi connectivity index (χ3v) is 7.39. The monoisotopic (exact) mass is 498 g/mol. The van der Waals surface area contributed by atoms with Crippen LogP contribution >= 0.6 is 0 Å². The number of benzene rings is 2. The first-order chi connectivity index (χ1) is 15.5. The fourth-order valence-electron chi connectivity index (χ4n) is 4.59. The van der Waals surface area contributed by atoms with Crippen LogP contribution in [0.3, 0.4) is 0 Å². The molecule has 0 N–H and O–H groups in total. The van der Waals surface area contributed by atoms with E-state index in [1.54, 1.807) is 6.07 Å². The van der Waals surface area contributed by atoms with Gasteiger partial charge in [-0.2, -0.15) is 0 Å². The summed E-state index contributed by atoms with van der Waals surface area (Å²) in [7, 11) is -4.44. The van der Waals surface area contributed by atoms with Crippen molar-refractivity contribution in [3.05, 3.63) is 41.5 Å². The quantitative estimate of drug-likeness (QED) is 0.168. The average Bonchev–Trinajstić information content (AvgIpc) is 2.77. The van der Waals surface area contributed by atoms with Crippen molar-refractivity contribution in [3.8, 4) is 0 Å². The molecule has 0 spiro atoms. The van der Waals surface area contributed by atoms with E-state index in [9.17, 15) is 13.0 Å². The Morgan fingerprint density at radius 3 is 1.48 bits per heavy atom. The molecule has 2 rings (SSSR count). The summed E-state index contributed by atoms with van der Waals surface area (Å²) in [6.07, 6.45) is 19.6. The average molecular weight is 499 g/mol. The Morgan fingerprint density at radius 1 is 0.606 bits per heavy atom. The largest absolute Gasteiger partial charge is 1.00 e. The molecule has 0 heterocycles. The zero-order valence-corrected chi connectivity index (χ0v) is 25.3. The van der Waals surface area contributed by atoms with Crippen LogP contribution in [-0.2, 0) is 23.0 Å². The molecule has 0 aliphatic rings. The summed E-state index contributed by atoms with van der Waals surface area (Å²) in [4.78, 5) is -0.112. The molecule has 0 aliphatic heterocycles. The summed E-state index contributed by atoms with van der Waals surface area (Å²) in [5.41, 5.74) is 2.44. The predicted molar refractivity (Wildman–Crippen MR) is 135 cm³/mol. The minimum absolute atomic E-state index is 0. The van der Waals surface area contributed by atoms with Crippen molar-refractivity contribution in [1.29, 1.82) is 0 Å². The van der Waals surface area contributed by atoms with Gasteiger partial charge in [-0.25, -0.2) is 8.42 Å². The second-order valence-corrected chi connectivity index (χ2v) is 10.7. The first-order valence-corrected chi connectivity index (χ1v) is 14.4. The van der Waals surface area contributed by atoms with Crippen LogP contribution in [0.25, 0.3) is 10.8 Å². The molecule has 33 heavy (non-hydrogen) atoms. The molecule has 3 nitrogen and oxygen atoms in total. The number of hydrogen-bond donors (Lipinski definition) is 0. The number of fused-ring (bicyclic) bond motifs is 1. The maximum absolute atomic E-state index is 11.6. The Kier molecular flexibility index (Phi) is 16.7. The smallest absolute Gasteiger partial charge is 0.744 e. The zero-order valence-electron chi connectivity index (χ0n) is 21.3. The van der Waals surface area contributed by atoms with E-state index in [4.69, 9.17) is 0 Å². The molecule has 0 saturated carbocycles. The molecule has 0 saturated heterocycles. The van der Waals surface area contributed by atoms with Crippen LogP contribution in [-0.4, -0.2) is 13.0 Å². The van der Waals surface area contributed by atoms with Gasteiger partial charge in [0.05, 0.1) is 4.90 Å². The van der Waals surface area contributed by atoms with Crippen molar-refractivity contribution >= 4 is 20.9 Å². The number of aryl methyl sites for hydroxylation is 2. The van der Waals surface area contributed by atoms with E-state index < -0.39 is 10.1 Å². The van der Waals surface area contributed by atoms with Crippen LogP contribution in [0.2, 0.25) is 0 Å². The summed E-state index contributed by atoms with van der Waals surface area (Å²) >= 11 is 0. The van der Waals surface area contributed by atoms with E-state index in [-0.39, 0.29) is 56.3 Å². The molecule has 0 aromatic heterocycles. The standard InChI is InChI=1S/C28H44O3S.K/c1-3-5-7-9-11-13-15-17-24-19-20-25(18-16-14-12-10-8-6-4-2)28-23-26(32(29,30)31)21-22-27(24)28;/h19-23H,3-18H2,1-2H3,(H,29,30,31);/q;+1/p-1. The summed E-state index contributed by atoms with van der Waals surface area (Å²) in [6.45, 7) is 4.48. The van der Waals surface area contributed by atoms with E-state index in [1.165, 1.54) is 94.2 Å². The number of hydrogen-bond acceptors (Lipinski definition) is 3. The zero-order chi connectivity index (χ0) is 23.2. The van der Waals surface area contributed by atoms with E-state index >= 15 is 0 Å². The molecule has 0 bridgehead atoms. The van der Waals surface area contributed by atoms with Crippen LogP contribution < -0.4 is 51.4 Å². The minimum Gasteiger partial charge on any atom is -0.744 e. The molecule has 0 radical (unpaired) electrons. The normalized spacial score (nSPS) is 11.6. The Bertz CT molecular complexity index is 909. The molecule has 5 heteroatoms. The molecule has 0 unspecified atom stereocenters. The van der Waals surface area contributed by atoms with Gasteiger partial charge in [0, 0.05) is 0 Å². The summed E-state index contributed by atoms with van der Waals surface area (Å²) in [5.74, 6) is 0.